The van der Waals surface area contributed by atoms with Crippen molar-refractivity contribution in [3.8, 4) is 0 Å². The number of hydrogen-bond donors (Lipinski definition) is 0. The molecule has 0 unspecified atom stereocenters. The van der Waals surface area contributed by atoms with E-state index in [-0.39, 0.29) is 35.7 Å². The maximum absolute atomic E-state index is 14.4. The van der Waals surface area contributed by atoms with Crippen LogP contribution >= 0.6 is 0 Å². The molecule has 6 nitrogen and oxygen atoms in total. The largest absolute Gasteiger partial charge is 0.452 e. The summed E-state index contributed by atoms with van der Waals surface area (Å²) in [6.07, 6.45) is 5.46. The van der Waals surface area contributed by atoms with Gasteiger partial charge in [-0.1, -0.05) is 18.6 Å². The zero-order valence-electron chi connectivity index (χ0n) is 21.5. The monoisotopic (exact) mass is 491 g/mol. The quantitative estimate of drug-likeness (QED) is 0.429. The summed E-state index contributed by atoms with van der Waals surface area (Å²) in [5.41, 5.74) is 5.29. The van der Waals surface area contributed by atoms with E-state index in [4.69, 9.17) is 9.72 Å². The number of ketones is 1. The van der Waals surface area contributed by atoms with Crippen molar-refractivity contribution in [1.82, 2.24) is 9.55 Å². The zero-order valence-corrected chi connectivity index (χ0v) is 21.5. The topological polar surface area (TPSA) is 64.4 Å². The van der Waals surface area contributed by atoms with E-state index in [2.05, 4.69) is 4.57 Å². The Bertz CT molecular complexity index is 1330. The molecule has 0 saturated heterocycles. The Hall–Kier alpha value is -3.22. The summed E-state index contributed by atoms with van der Waals surface area (Å²) < 4.78 is 21.8. The van der Waals surface area contributed by atoms with Crippen molar-refractivity contribution in [3.05, 3.63) is 58.7 Å². The molecular formula is C29H34FN3O3. The lowest BCUT2D eigenvalue weighted by Crippen LogP contribution is -2.42. The van der Waals surface area contributed by atoms with Gasteiger partial charge in [0.1, 0.15) is 17.4 Å². The fourth-order valence-corrected chi connectivity index (χ4v) is 6.05. The molecule has 0 radical (unpaired) electrons. The lowest BCUT2D eigenvalue weighted by Gasteiger charge is -2.34. The number of ether oxygens (including phenoxy) is 1. The third-order valence-electron chi connectivity index (χ3n) is 8.08. The molecule has 1 aromatic heterocycles. The van der Waals surface area contributed by atoms with E-state index in [1.165, 1.54) is 7.11 Å². The molecule has 1 fully saturated rings. The highest BCUT2D eigenvalue weighted by Crippen LogP contribution is 2.41. The summed E-state index contributed by atoms with van der Waals surface area (Å²) in [5, 5.41) is 0. The number of aromatic nitrogens is 2. The molecule has 3 aromatic rings. The van der Waals surface area contributed by atoms with Crippen LogP contribution < -0.4 is 4.90 Å². The molecule has 2 aromatic carbocycles. The van der Waals surface area contributed by atoms with E-state index < -0.39 is 0 Å². The maximum Gasteiger partial charge on any atom is 0.414 e. The van der Waals surface area contributed by atoms with Crippen molar-refractivity contribution in [1.29, 1.82) is 0 Å². The number of amides is 1. The van der Waals surface area contributed by atoms with Gasteiger partial charge >= 0.3 is 6.09 Å². The maximum atomic E-state index is 14.4. The summed E-state index contributed by atoms with van der Waals surface area (Å²) in [4.78, 5) is 31.7. The smallest absolute Gasteiger partial charge is 0.414 e. The van der Waals surface area contributed by atoms with Crippen LogP contribution in [-0.2, 0) is 22.4 Å². The van der Waals surface area contributed by atoms with Gasteiger partial charge in [0.2, 0.25) is 0 Å². The van der Waals surface area contributed by atoms with Gasteiger partial charge in [0.15, 0.2) is 0 Å². The van der Waals surface area contributed by atoms with Crippen LogP contribution in [-0.4, -0.2) is 34.6 Å². The summed E-state index contributed by atoms with van der Waals surface area (Å²) in [5.74, 6) is 0.953. The number of imidazole rings is 1. The van der Waals surface area contributed by atoms with Gasteiger partial charge in [0.05, 0.1) is 23.8 Å². The molecule has 0 N–H and O–H groups in total. The van der Waals surface area contributed by atoms with Gasteiger partial charge in [0.25, 0.3) is 0 Å². The Kier molecular flexibility index (Phi) is 6.58. The van der Waals surface area contributed by atoms with Crippen LogP contribution in [0.5, 0.6) is 0 Å². The van der Waals surface area contributed by atoms with Crippen LogP contribution in [0, 0.1) is 18.7 Å². The van der Waals surface area contributed by atoms with E-state index in [1.54, 1.807) is 24.8 Å². The Morgan fingerprint density at radius 1 is 1.17 bits per heavy atom. The molecule has 190 valence electrons. The molecule has 1 aliphatic carbocycles. The van der Waals surface area contributed by atoms with E-state index in [9.17, 15) is 14.0 Å². The van der Waals surface area contributed by atoms with Crippen LogP contribution in [0.25, 0.3) is 11.0 Å². The van der Waals surface area contributed by atoms with Crippen LogP contribution in [0.4, 0.5) is 14.9 Å². The Balaban J connectivity index is 1.65. The third kappa shape index (κ3) is 4.29. The molecular weight excluding hydrogens is 457 g/mol. The minimum atomic E-state index is -0.367. The van der Waals surface area contributed by atoms with Crippen molar-refractivity contribution in [2.75, 3.05) is 12.0 Å². The first-order valence-electron chi connectivity index (χ1n) is 12.9. The number of hydrogen-bond acceptors (Lipinski definition) is 4. The number of carbonyl (C=O) groups is 2. The third-order valence-corrected chi connectivity index (χ3v) is 8.08. The van der Waals surface area contributed by atoms with Gasteiger partial charge in [-0.15, -0.1) is 0 Å². The second kappa shape index (κ2) is 9.68. The number of rotatable bonds is 4. The summed E-state index contributed by atoms with van der Waals surface area (Å²) in [7, 11) is 1.41. The van der Waals surface area contributed by atoms with Gasteiger partial charge in [0, 0.05) is 30.0 Å². The van der Waals surface area contributed by atoms with Gasteiger partial charge in [-0.05, 0) is 82.2 Å². The zero-order chi connectivity index (χ0) is 25.6. The highest BCUT2D eigenvalue weighted by atomic mass is 19.1. The van der Waals surface area contributed by atoms with E-state index in [0.29, 0.717) is 12.0 Å². The molecule has 2 aliphatic rings. The van der Waals surface area contributed by atoms with Crippen molar-refractivity contribution in [2.45, 2.75) is 77.8 Å². The molecule has 2 heterocycles. The lowest BCUT2D eigenvalue weighted by molar-refractivity contribution is -0.122. The first-order valence-corrected chi connectivity index (χ1v) is 12.9. The van der Waals surface area contributed by atoms with Crippen LogP contribution in [0.3, 0.4) is 0 Å². The number of benzene rings is 2. The number of Topliss-reactive ketones (excluding diaryl/α,β-unsaturated/α-hetero) is 1. The number of nitrogens with zero attached hydrogens (tertiary/aromatic N) is 3. The van der Waals surface area contributed by atoms with E-state index in [0.717, 1.165) is 72.2 Å². The second-order valence-corrected chi connectivity index (χ2v) is 10.4. The first-order chi connectivity index (χ1) is 17.3. The predicted octanol–water partition coefficient (Wildman–Crippen LogP) is 6.30. The van der Waals surface area contributed by atoms with Gasteiger partial charge in [-0.3, -0.25) is 9.69 Å². The summed E-state index contributed by atoms with van der Waals surface area (Å²) >= 11 is 0. The van der Waals surface area contributed by atoms with Crippen LogP contribution in [0.1, 0.15) is 74.5 Å². The summed E-state index contributed by atoms with van der Waals surface area (Å²) in [6.45, 7) is 5.48. The number of fused-ring (bicyclic) bond motifs is 3. The Morgan fingerprint density at radius 2 is 1.97 bits per heavy atom. The number of carbonyl (C=O) groups excluding carboxylic acids is 2. The molecule has 0 spiro atoms. The van der Waals surface area contributed by atoms with Gasteiger partial charge in [-0.25, -0.2) is 14.2 Å². The van der Waals surface area contributed by atoms with Crippen LogP contribution in [0.15, 0.2) is 30.3 Å². The van der Waals surface area contributed by atoms with Gasteiger partial charge in [-0.2, -0.15) is 0 Å². The predicted molar refractivity (Wildman–Crippen MR) is 138 cm³/mol. The van der Waals surface area contributed by atoms with Gasteiger partial charge < -0.3 is 9.30 Å². The number of aryl methyl sites for hydroxylation is 2. The average Bonchev–Trinajstić information content (AvgIpc) is 3.23. The summed E-state index contributed by atoms with van der Waals surface area (Å²) in [6, 6.07) is 9.59. The minimum absolute atomic E-state index is 0.0363. The highest BCUT2D eigenvalue weighted by molar-refractivity contribution is 5.95. The fraction of sp³-hybridized carbons (Fsp3) is 0.483. The normalized spacial score (nSPS) is 21.9. The minimum Gasteiger partial charge on any atom is -0.452 e. The second-order valence-electron chi connectivity index (χ2n) is 10.4. The van der Waals surface area contributed by atoms with E-state index >= 15 is 0 Å². The first kappa shape index (κ1) is 24.5. The number of anilines is 1. The lowest BCUT2D eigenvalue weighted by atomic mass is 9.83. The number of halogens is 1. The van der Waals surface area contributed by atoms with Crippen LogP contribution in [0.2, 0.25) is 0 Å². The molecule has 3 atom stereocenters. The molecule has 5 rings (SSSR count). The molecule has 1 amide bonds. The number of methoxy groups -OCH3 is 1. The Morgan fingerprint density at radius 3 is 2.69 bits per heavy atom. The Labute approximate surface area is 211 Å². The molecule has 0 bridgehead atoms. The average molecular weight is 492 g/mol. The standard InChI is InChI=1S/C29H34FN3O3/c1-17-8-10-20(14-24(17)30)15-27-31-28-23-11-9-18(2)32(29(35)36-4)25(23)12-13-26(28)33(27)22-7-5-6-21(16-22)19(3)34/h8,10,12-14,18,21-22H,5-7,9,11,15-16H2,1-4H3/t18-,21+,22+/m0/s1. The molecule has 1 aliphatic heterocycles. The highest BCUT2D eigenvalue weighted by Gasteiger charge is 2.33. The molecule has 7 heteroatoms. The van der Waals surface area contributed by atoms with Crippen molar-refractivity contribution in [2.24, 2.45) is 5.92 Å². The van der Waals surface area contributed by atoms with E-state index in [1.807, 2.05) is 31.2 Å². The fourth-order valence-electron chi connectivity index (χ4n) is 6.05. The molecule has 36 heavy (non-hydrogen) atoms. The SMILES string of the molecule is COC(=O)N1c2ccc3c(nc(Cc4ccc(C)c(F)c4)n3[C@@H]3CCC[C@@H](C(C)=O)C3)c2CC[C@@H]1C. The van der Waals surface area contributed by atoms with Crippen molar-refractivity contribution >= 4 is 28.6 Å². The van der Waals surface area contributed by atoms with Crippen molar-refractivity contribution < 1.29 is 18.7 Å². The van der Waals surface area contributed by atoms with Crippen molar-refractivity contribution in [3.63, 3.8) is 0 Å². The molecule has 1 saturated carbocycles.